The van der Waals surface area contributed by atoms with Crippen LogP contribution in [0.25, 0.3) is 0 Å². The molecule has 0 saturated heterocycles. The largest absolute Gasteiger partial charge is 0.497 e. The molecule has 0 heterocycles. The van der Waals surface area contributed by atoms with Crippen molar-refractivity contribution in [1.82, 2.24) is 5.32 Å². The molecule has 4 heteroatoms. The van der Waals surface area contributed by atoms with Gasteiger partial charge in [0, 0.05) is 17.1 Å². The molecule has 0 atom stereocenters. The van der Waals surface area contributed by atoms with Gasteiger partial charge < -0.3 is 14.8 Å². The van der Waals surface area contributed by atoms with Crippen molar-refractivity contribution in [3.05, 3.63) is 28.8 Å². The monoisotopic (exact) mass is 285 g/mol. The van der Waals surface area contributed by atoms with E-state index in [1.165, 1.54) is 0 Å². The summed E-state index contributed by atoms with van der Waals surface area (Å²) in [6.07, 6.45) is 0.818. The highest BCUT2D eigenvalue weighted by Crippen LogP contribution is 2.22. The van der Waals surface area contributed by atoms with E-state index in [9.17, 15) is 0 Å². The maximum atomic E-state index is 6.16. The number of rotatable bonds is 7. The number of ether oxygens (including phenoxy) is 2. The van der Waals surface area contributed by atoms with Crippen LogP contribution in [0.2, 0.25) is 5.02 Å². The zero-order valence-electron chi connectivity index (χ0n) is 12.3. The fourth-order valence-corrected chi connectivity index (χ4v) is 1.91. The molecule has 0 aliphatic heterocycles. The average Bonchev–Trinajstić information content (AvgIpc) is 2.33. The van der Waals surface area contributed by atoms with Crippen molar-refractivity contribution >= 4 is 11.6 Å². The van der Waals surface area contributed by atoms with Crippen LogP contribution in [0.5, 0.6) is 5.75 Å². The first-order chi connectivity index (χ1) is 8.92. The first-order valence-electron chi connectivity index (χ1n) is 6.57. The van der Waals surface area contributed by atoms with Crippen LogP contribution in [0.3, 0.4) is 0 Å². The Balaban J connectivity index is 2.23. The van der Waals surface area contributed by atoms with Gasteiger partial charge in [0.25, 0.3) is 0 Å². The highest BCUT2D eigenvalue weighted by molar-refractivity contribution is 6.31. The molecule has 0 aromatic heterocycles. The SMILES string of the molecule is COc1ccc(CCOCCNC(C)(C)C)c(Cl)c1. The predicted molar refractivity (Wildman–Crippen MR) is 80.3 cm³/mol. The van der Waals surface area contributed by atoms with E-state index < -0.39 is 0 Å². The molecule has 1 aromatic carbocycles. The Bertz CT molecular complexity index is 388. The number of halogens is 1. The number of hydrogen-bond acceptors (Lipinski definition) is 3. The van der Waals surface area contributed by atoms with Crippen molar-refractivity contribution in [1.29, 1.82) is 0 Å². The Morgan fingerprint density at radius 3 is 2.53 bits per heavy atom. The van der Waals surface area contributed by atoms with Crippen molar-refractivity contribution < 1.29 is 9.47 Å². The molecule has 0 aliphatic carbocycles. The Labute approximate surface area is 121 Å². The Morgan fingerprint density at radius 1 is 1.21 bits per heavy atom. The second kappa shape index (κ2) is 7.73. The molecule has 0 fully saturated rings. The number of nitrogens with one attached hydrogen (secondary N) is 1. The van der Waals surface area contributed by atoms with Crippen molar-refractivity contribution in [2.75, 3.05) is 26.9 Å². The highest BCUT2D eigenvalue weighted by Gasteiger charge is 2.07. The smallest absolute Gasteiger partial charge is 0.120 e. The number of benzene rings is 1. The van der Waals surface area contributed by atoms with Gasteiger partial charge in [0.15, 0.2) is 0 Å². The van der Waals surface area contributed by atoms with Gasteiger partial charge in [-0.05, 0) is 44.9 Å². The van der Waals surface area contributed by atoms with Crippen LogP contribution < -0.4 is 10.1 Å². The molecule has 0 unspecified atom stereocenters. The van der Waals surface area contributed by atoms with Crippen molar-refractivity contribution in [2.24, 2.45) is 0 Å². The van der Waals surface area contributed by atoms with E-state index >= 15 is 0 Å². The molecule has 1 N–H and O–H groups in total. The fraction of sp³-hybridized carbons (Fsp3) is 0.600. The number of methoxy groups -OCH3 is 1. The molecule has 0 bridgehead atoms. The van der Waals surface area contributed by atoms with Crippen LogP contribution in [-0.2, 0) is 11.2 Å². The minimum atomic E-state index is 0.142. The predicted octanol–water partition coefficient (Wildman–Crippen LogP) is 3.30. The Kier molecular flexibility index (Phi) is 6.63. The summed E-state index contributed by atoms with van der Waals surface area (Å²) in [5.41, 5.74) is 1.23. The summed E-state index contributed by atoms with van der Waals surface area (Å²) in [5.74, 6) is 0.782. The van der Waals surface area contributed by atoms with Crippen molar-refractivity contribution in [3.63, 3.8) is 0 Å². The van der Waals surface area contributed by atoms with Crippen LogP contribution in [0.4, 0.5) is 0 Å². The van der Waals surface area contributed by atoms with Crippen molar-refractivity contribution in [3.8, 4) is 5.75 Å². The zero-order valence-corrected chi connectivity index (χ0v) is 13.0. The third kappa shape index (κ3) is 6.81. The summed E-state index contributed by atoms with van der Waals surface area (Å²) in [6.45, 7) is 8.68. The molecule has 1 aromatic rings. The minimum Gasteiger partial charge on any atom is -0.497 e. The van der Waals surface area contributed by atoms with Crippen LogP contribution >= 0.6 is 11.6 Å². The molecule has 3 nitrogen and oxygen atoms in total. The maximum absolute atomic E-state index is 6.16. The molecule has 0 aliphatic rings. The third-order valence-corrected chi connectivity index (χ3v) is 3.03. The lowest BCUT2D eigenvalue weighted by Gasteiger charge is -2.20. The molecule has 1 rings (SSSR count). The molecular formula is C15H24ClNO2. The zero-order chi connectivity index (χ0) is 14.3. The van der Waals surface area contributed by atoms with E-state index in [0.29, 0.717) is 13.2 Å². The summed E-state index contributed by atoms with van der Waals surface area (Å²) in [7, 11) is 1.64. The van der Waals surface area contributed by atoms with Gasteiger partial charge in [0.2, 0.25) is 0 Å². The van der Waals surface area contributed by atoms with E-state index in [4.69, 9.17) is 21.1 Å². The van der Waals surface area contributed by atoms with Gasteiger partial charge in [-0.2, -0.15) is 0 Å². The highest BCUT2D eigenvalue weighted by atomic mass is 35.5. The van der Waals surface area contributed by atoms with Crippen LogP contribution in [0.15, 0.2) is 18.2 Å². The molecule has 0 saturated carbocycles. The van der Waals surface area contributed by atoms with Gasteiger partial charge in [-0.1, -0.05) is 17.7 Å². The quantitative estimate of drug-likeness (QED) is 0.780. The summed E-state index contributed by atoms with van der Waals surface area (Å²) in [5, 5.41) is 4.11. The minimum absolute atomic E-state index is 0.142. The van der Waals surface area contributed by atoms with E-state index in [2.05, 4.69) is 26.1 Å². The lowest BCUT2D eigenvalue weighted by molar-refractivity contribution is 0.133. The van der Waals surface area contributed by atoms with Gasteiger partial charge >= 0.3 is 0 Å². The number of hydrogen-bond donors (Lipinski definition) is 1. The first kappa shape index (κ1) is 16.3. The van der Waals surface area contributed by atoms with Crippen LogP contribution in [-0.4, -0.2) is 32.4 Å². The second-order valence-corrected chi connectivity index (χ2v) is 5.90. The summed E-state index contributed by atoms with van der Waals surface area (Å²) in [6, 6.07) is 5.73. The van der Waals surface area contributed by atoms with Crippen LogP contribution in [0, 0.1) is 0 Å². The maximum Gasteiger partial charge on any atom is 0.120 e. The molecule has 0 spiro atoms. The van der Waals surface area contributed by atoms with E-state index in [1.807, 2.05) is 18.2 Å². The molecule has 0 amide bonds. The van der Waals surface area contributed by atoms with E-state index in [1.54, 1.807) is 7.11 Å². The van der Waals surface area contributed by atoms with E-state index in [-0.39, 0.29) is 5.54 Å². The van der Waals surface area contributed by atoms with Gasteiger partial charge in [-0.15, -0.1) is 0 Å². The summed E-state index contributed by atoms with van der Waals surface area (Å²) >= 11 is 6.16. The molecule has 108 valence electrons. The Hall–Kier alpha value is -0.770. The van der Waals surface area contributed by atoms with Crippen LogP contribution in [0.1, 0.15) is 26.3 Å². The van der Waals surface area contributed by atoms with Gasteiger partial charge in [-0.25, -0.2) is 0 Å². The molecular weight excluding hydrogens is 262 g/mol. The van der Waals surface area contributed by atoms with Gasteiger partial charge in [0.1, 0.15) is 5.75 Å². The fourth-order valence-electron chi connectivity index (χ4n) is 1.64. The lowest BCUT2D eigenvalue weighted by Crippen LogP contribution is -2.38. The Morgan fingerprint density at radius 2 is 1.95 bits per heavy atom. The van der Waals surface area contributed by atoms with Gasteiger partial charge in [0.05, 0.1) is 20.3 Å². The first-order valence-corrected chi connectivity index (χ1v) is 6.95. The molecule has 0 radical (unpaired) electrons. The second-order valence-electron chi connectivity index (χ2n) is 5.50. The third-order valence-electron chi connectivity index (χ3n) is 2.68. The normalized spacial score (nSPS) is 11.6. The summed E-state index contributed by atoms with van der Waals surface area (Å²) < 4.78 is 10.7. The standard InChI is InChI=1S/C15H24ClNO2/c1-15(2,3)17-8-10-19-9-7-12-5-6-13(18-4)11-14(12)16/h5-6,11,17H,7-10H2,1-4H3. The van der Waals surface area contributed by atoms with Gasteiger partial charge in [-0.3, -0.25) is 0 Å². The molecule has 19 heavy (non-hydrogen) atoms. The van der Waals surface area contributed by atoms with Crippen molar-refractivity contribution in [2.45, 2.75) is 32.7 Å². The average molecular weight is 286 g/mol. The van der Waals surface area contributed by atoms with E-state index in [0.717, 1.165) is 29.3 Å². The lowest BCUT2D eigenvalue weighted by atomic mass is 10.1. The summed E-state index contributed by atoms with van der Waals surface area (Å²) in [4.78, 5) is 0. The topological polar surface area (TPSA) is 30.5 Å².